The summed E-state index contributed by atoms with van der Waals surface area (Å²) in [6, 6.07) is 92.3. The molecule has 0 fully saturated rings. The zero-order chi connectivity index (χ0) is 50.6. The molecule has 14 aromatic carbocycles. The van der Waals surface area contributed by atoms with Crippen LogP contribution in [0.4, 0.5) is 0 Å². The summed E-state index contributed by atoms with van der Waals surface area (Å²) in [6.07, 6.45) is 0. The van der Waals surface area contributed by atoms with Crippen LogP contribution in [-0.4, -0.2) is 0 Å². The number of hydrogen-bond donors (Lipinski definition) is 0. The van der Waals surface area contributed by atoms with Crippen molar-refractivity contribution in [1.82, 2.24) is 0 Å². The highest BCUT2D eigenvalue weighted by Gasteiger charge is 2.36. The smallest absolute Gasteiger partial charge is 0.0159 e. The average Bonchev–Trinajstić information content (AvgIpc) is 3.84. The van der Waals surface area contributed by atoms with E-state index in [9.17, 15) is 0 Å². The van der Waals surface area contributed by atoms with Crippen LogP contribution in [0.2, 0.25) is 0 Å². The summed E-state index contributed by atoms with van der Waals surface area (Å²) in [5, 5.41) is 17.9. The van der Waals surface area contributed by atoms with Crippen LogP contribution in [0, 0.1) is 0 Å². The van der Waals surface area contributed by atoms with Gasteiger partial charge in [-0.3, -0.25) is 0 Å². The molecule has 2 aliphatic rings. The molecule has 0 atom stereocenters. The molecule has 0 saturated carbocycles. The summed E-state index contributed by atoms with van der Waals surface area (Å²) in [6.45, 7) is 9.44. The number of rotatable bonds is 4. The summed E-state index contributed by atoms with van der Waals surface area (Å²) >= 11 is 0. The fourth-order valence-electron chi connectivity index (χ4n) is 14.0. The first-order chi connectivity index (χ1) is 37.2. The first kappa shape index (κ1) is 43.3. The molecule has 0 spiro atoms. The van der Waals surface area contributed by atoms with Crippen LogP contribution in [-0.2, 0) is 10.8 Å². The molecule has 356 valence electrons. The van der Waals surface area contributed by atoms with Crippen molar-refractivity contribution in [3.8, 4) is 66.8 Å². The molecule has 0 heterocycles. The van der Waals surface area contributed by atoms with E-state index in [1.54, 1.807) is 0 Å². The highest BCUT2D eigenvalue weighted by Crippen LogP contribution is 2.52. The van der Waals surface area contributed by atoms with Crippen LogP contribution in [0.15, 0.2) is 243 Å². The molecular weight excluding hydrogens is 913 g/mol. The number of benzene rings is 14. The molecule has 0 amide bonds. The molecule has 16 rings (SSSR count). The normalized spacial score (nSPS) is 14.0. The van der Waals surface area contributed by atoms with Crippen LogP contribution in [0.3, 0.4) is 0 Å². The zero-order valence-corrected chi connectivity index (χ0v) is 43.1. The van der Waals surface area contributed by atoms with Crippen molar-refractivity contribution in [2.24, 2.45) is 0 Å². The van der Waals surface area contributed by atoms with Gasteiger partial charge in [0, 0.05) is 10.8 Å². The Kier molecular flexibility index (Phi) is 8.96. The SMILES string of the molecule is CC1(C)c2ccccc2-c2ccc(-c3ccc4cc(-c5ccc6c7ccc(-c8ccc9cc(-c%10ccc%11c(c%10)C(C)(C)c%10ccccc%10-%11)ccc9c8)cc7c7c8ccccc8c8ccccc8c7c6c5)ccc4c3)cc21. The molecule has 0 saturated heterocycles. The summed E-state index contributed by atoms with van der Waals surface area (Å²) in [5.41, 5.74) is 20.9. The van der Waals surface area contributed by atoms with Gasteiger partial charge in [-0.05, 0) is 213 Å². The Morgan fingerprint density at radius 2 is 0.474 bits per heavy atom. The Balaban J connectivity index is 0.799. The maximum Gasteiger partial charge on any atom is 0.0159 e. The predicted molar refractivity (Wildman–Crippen MR) is 326 cm³/mol. The molecule has 0 aliphatic heterocycles. The van der Waals surface area contributed by atoms with E-state index in [4.69, 9.17) is 0 Å². The largest absolute Gasteiger partial charge is 0.0619 e. The lowest BCUT2D eigenvalue weighted by Gasteiger charge is -2.22. The Labute approximate surface area is 443 Å². The van der Waals surface area contributed by atoms with Gasteiger partial charge in [0.15, 0.2) is 0 Å². The van der Waals surface area contributed by atoms with Gasteiger partial charge in [0.1, 0.15) is 0 Å². The maximum absolute atomic E-state index is 2.46. The van der Waals surface area contributed by atoms with Crippen LogP contribution in [0.25, 0.3) is 142 Å². The summed E-state index contributed by atoms with van der Waals surface area (Å²) in [7, 11) is 0. The van der Waals surface area contributed by atoms with E-state index >= 15 is 0 Å². The molecule has 0 bridgehead atoms. The Morgan fingerprint density at radius 1 is 0.197 bits per heavy atom. The first-order valence-electron chi connectivity index (χ1n) is 27.0. The van der Waals surface area contributed by atoms with Crippen LogP contribution >= 0.6 is 0 Å². The highest BCUT2D eigenvalue weighted by molar-refractivity contribution is 6.40. The molecule has 0 N–H and O–H groups in total. The van der Waals surface area contributed by atoms with Crippen molar-refractivity contribution < 1.29 is 0 Å². The molecule has 0 nitrogen and oxygen atoms in total. The van der Waals surface area contributed by atoms with E-state index in [-0.39, 0.29) is 10.8 Å². The zero-order valence-electron chi connectivity index (χ0n) is 43.1. The van der Waals surface area contributed by atoms with Crippen molar-refractivity contribution in [1.29, 1.82) is 0 Å². The third-order valence-electron chi connectivity index (χ3n) is 18.0. The molecule has 2 aliphatic carbocycles. The fraction of sp³-hybridized carbons (Fsp3) is 0.0789. The van der Waals surface area contributed by atoms with Crippen molar-refractivity contribution in [3.63, 3.8) is 0 Å². The monoisotopic (exact) mass is 964 g/mol. The number of fused-ring (bicyclic) bond motifs is 19. The van der Waals surface area contributed by atoms with Gasteiger partial charge in [0.05, 0.1) is 0 Å². The predicted octanol–water partition coefficient (Wildman–Crippen LogP) is 21.0. The molecule has 0 radical (unpaired) electrons. The van der Waals surface area contributed by atoms with Crippen molar-refractivity contribution >= 4 is 75.4 Å². The van der Waals surface area contributed by atoms with Crippen molar-refractivity contribution in [2.45, 2.75) is 38.5 Å². The lowest BCUT2D eigenvalue weighted by molar-refractivity contribution is 0.660. The second-order valence-electron chi connectivity index (χ2n) is 22.8. The average molecular weight is 965 g/mol. The van der Waals surface area contributed by atoms with E-state index in [1.165, 1.54) is 164 Å². The third-order valence-corrected chi connectivity index (χ3v) is 18.0. The van der Waals surface area contributed by atoms with Gasteiger partial charge in [-0.1, -0.05) is 222 Å². The van der Waals surface area contributed by atoms with E-state index < -0.39 is 0 Å². The quantitative estimate of drug-likeness (QED) is 0.154. The first-order valence-corrected chi connectivity index (χ1v) is 27.0. The maximum atomic E-state index is 2.46. The van der Waals surface area contributed by atoms with Crippen molar-refractivity contribution in [2.75, 3.05) is 0 Å². The second kappa shape index (κ2) is 15.7. The van der Waals surface area contributed by atoms with E-state index in [0.717, 1.165) is 0 Å². The van der Waals surface area contributed by atoms with Crippen molar-refractivity contribution in [3.05, 3.63) is 265 Å². The van der Waals surface area contributed by atoms with Crippen LogP contribution < -0.4 is 0 Å². The third kappa shape index (κ3) is 6.19. The minimum absolute atomic E-state index is 0.0329. The number of hydrogen-bond acceptors (Lipinski definition) is 0. The molecule has 0 unspecified atom stereocenters. The van der Waals surface area contributed by atoms with E-state index in [1.807, 2.05) is 0 Å². The van der Waals surface area contributed by atoms with Gasteiger partial charge in [0.25, 0.3) is 0 Å². The van der Waals surface area contributed by atoms with E-state index in [0.29, 0.717) is 0 Å². The van der Waals surface area contributed by atoms with Gasteiger partial charge in [0.2, 0.25) is 0 Å². The minimum atomic E-state index is -0.0329. The lowest BCUT2D eigenvalue weighted by Crippen LogP contribution is -2.14. The van der Waals surface area contributed by atoms with Gasteiger partial charge in [-0.15, -0.1) is 0 Å². The molecule has 76 heavy (non-hydrogen) atoms. The second-order valence-corrected chi connectivity index (χ2v) is 22.8. The summed E-state index contributed by atoms with van der Waals surface area (Å²) < 4.78 is 0. The topological polar surface area (TPSA) is 0 Å². The van der Waals surface area contributed by atoms with Gasteiger partial charge in [-0.25, -0.2) is 0 Å². The standard InChI is InChI=1S/C76H52/c1-75(2)69-19-11-9-15-61(69)63-35-31-55(43-71(63)75)51-27-23-45-37-49(25-21-47(45)39-51)53-29-33-59-60-34-30-54(42-68(60)74-66-18-8-6-14-58(66)57-13-5-7-17-65(57)73(74)67(59)41-53)50-26-22-48-40-52(28-24-46(48)38-50)56-32-36-64-62-16-10-12-20-70(62)76(3,4)72(64)44-56/h5-44H,1-4H3. The van der Waals surface area contributed by atoms with Gasteiger partial charge >= 0.3 is 0 Å². The highest BCUT2D eigenvalue weighted by atomic mass is 14.4. The molecule has 14 aromatic rings. The van der Waals surface area contributed by atoms with Crippen LogP contribution in [0.1, 0.15) is 49.9 Å². The van der Waals surface area contributed by atoms with Crippen LogP contribution in [0.5, 0.6) is 0 Å². The Bertz CT molecular complexity index is 4560. The summed E-state index contributed by atoms with van der Waals surface area (Å²) in [5.74, 6) is 0. The molecule has 0 aromatic heterocycles. The minimum Gasteiger partial charge on any atom is -0.0619 e. The Morgan fingerprint density at radius 3 is 0.868 bits per heavy atom. The molecule has 0 heteroatoms. The van der Waals surface area contributed by atoms with Gasteiger partial charge < -0.3 is 0 Å². The van der Waals surface area contributed by atoms with E-state index in [2.05, 4.69) is 270 Å². The summed E-state index contributed by atoms with van der Waals surface area (Å²) in [4.78, 5) is 0. The molecular formula is C76H52. The Hall–Kier alpha value is -9.10. The van der Waals surface area contributed by atoms with Gasteiger partial charge in [-0.2, -0.15) is 0 Å². The lowest BCUT2D eigenvalue weighted by atomic mass is 9.81. The fourth-order valence-corrected chi connectivity index (χ4v) is 14.0.